The molecule has 0 amide bonds. The highest BCUT2D eigenvalue weighted by Gasteiger charge is 2.31. The minimum Gasteiger partial charge on any atom is -0.494 e. The zero-order chi connectivity index (χ0) is 13.6. The average Bonchev–Trinajstić information content (AvgIpc) is 2.74. The van der Waals surface area contributed by atoms with Crippen LogP contribution in [0.4, 0.5) is 0 Å². The Morgan fingerprint density at radius 3 is 2.74 bits per heavy atom. The van der Waals surface area contributed by atoms with Crippen molar-refractivity contribution in [1.82, 2.24) is 9.55 Å². The molecule has 0 bridgehead atoms. The predicted molar refractivity (Wildman–Crippen MR) is 78.0 cm³/mol. The summed E-state index contributed by atoms with van der Waals surface area (Å²) in [5.74, 6) is 2.58. The Bertz CT molecular complexity index is 599. The lowest BCUT2D eigenvalue weighted by Gasteiger charge is -2.35. The summed E-state index contributed by atoms with van der Waals surface area (Å²) >= 11 is 6.31. The fraction of sp³-hybridized carbons (Fsp3) is 0.533. The van der Waals surface area contributed by atoms with E-state index in [2.05, 4.69) is 17.6 Å². The van der Waals surface area contributed by atoms with E-state index < -0.39 is 0 Å². The van der Waals surface area contributed by atoms with Crippen LogP contribution in [0.1, 0.15) is 43.9 Å². The van der Waals surface area contributed by atoms with Gasteiger partial charge in [0, 0.05) is 6.04 Å². The molecule has 1 atom stereocenters. The van der Waals surface area contributed by atoms with Gasteiger partial charge in [0.25, 0.3) is 0 Å². The first-order valence-electron chi connectivity index (χ1n) is 6.80. The first-order valence-corrected chi connectivity index (χ1v) is 7.24. The van der Waals surface area contributed by atoms with E-state index in [0.29, 0.717) is 6.04 Å². The van der Waals surface area contributed by atoms with Crippen molar-refractivity contribution in [2.24, 2.45) is 5.92 Å². The van der Waals surface area contributed by atoms with Gasteiger partial charge in [-0.05, 0) is 37.8 Å². The number of benzene rings is 1. The SMILES string of the molecule is COc1cccc2c1nc(C(C)Cl)n2C1CC(C)C1. The van der Waals surface area contributed by atoms with Gasteiger partial charge in [-0.1, -0.05) is 13.0 Å². The molecule has 4 heteroatoms. The first kappa shape index (κ1) is 12.8. The molecule has 1 unspecified atom stereocenters. The highest BCUT2D eigenvalue weighted by atomic mass is 35.5. The summed E-state index contributed by atoms with van der Waals surface area (Å²) in [6.45, 7) is 4.27. The van der Waals surface area contributed by atoms with Crippen molar-refractivity contribution in [2.45, 2.75) is 38.1 Å². The average molecular weight is 279 g/mol. The van der Waals surface area contributed by atoms with E-state index in [4.69, 9.17) is 21.3 Å². The van der Waals surface area contributed by atoms with Crippen molar-refractivity contribution >= 4 is 22.6 Å². The van der Waals surface area contributed by atoms with Gasteiger partial charge in [0.2, 0.25) is 0 Å². The molecule has 1 saturated carbocycles. The molecule has 3 nitrogen and oxygen atoms in total. The molecule has 0 radical (unpaired) electrons. The van der Waals surface area contributed by atoms with Crippen LogP contribution in [-0.2, 0) is 0 Å². The molecule has 1 aromatic heterocycles. The molecule has 0 spiro atoms. The summed E-state index contributed by atoms with van der Waals surface area (Å²) in [5, 5.41) is -0.0898. The first-order chi connectivity index (χ1) is 9.11. The topological polar surface area (TPSA) is 27.1 Å². The van der Waals surface area contributed by atoms with Crippen LogP contribution in [0.2, 0.25) is 0 Å². The molecule has 0 saturated heterocycles. The van der Waals surface area contributed by atoms with E-state index in [1.54, 1.807) is 7.11 Å². The molecule has 1 aliphatic carbocycles. The van der Waals surface area contributed by atoms with Crippen LogP contribution in [-0.4, -0.2) is 16.7 Å². The lowest BCUT2D eigenvalue weighted by molar-refractivity contribution is 0.216. The Hall–Kier alpha value is -1.22. The summed E-state index contributed by atoms with van der Waals surface area (Å²) in [6, 6.07) is 6.61. The van der Waals surface area contributed by atoms with E-state index in [9.17, 15) is 0 Å². The molecule has 0 N–H and O–H groups in total. The third kappa shape index (κ3) is 2.00. The molecule has 19 heavy (non-hydrogen) atoms. The van der Waals surface area contributed by atoms with Crippen molar-refractivity contribution in [2.75, 3.05) is 7.11 Å². The van der Waals surface area contributed by atoms with Crippen LogP contribution >= 0.6 is 11.6 Å². The van der Waals surface area contributed by atoms with Crippen LogP contribution in [0.15, 0.2) is 18.2 Å². The molecule has 1 aliphatic rings. The van der Waals surface area contributed by atoms with Gasteiger partial charge in [-0.15, -0.1) is 11.6 Å². The van der Waals surface area contributed by atoms with Gasteiger partial charge < -0.3 is 9.30 Å². The number of halogens is 1. The largest absolute Gasteiger partial charge is 0.494 e. The Balaban J connectivity index is 2.19. The molecule has 3 rings (SSSR count). The van der Waals surface area contributed by atoms with Gasteiger partial charge >= 0.3 is 0 Å². The zero-order valence-electron chi connectivity index (χ0n) is 11.6. The molecule has 1 fully saturated rings. The predicted octanol–water partition coefficient (Wildman–Crippen LogP) is 4.32. The molecule has 1 heterocycles. The smallest absolute Gasteiger partial charge is 0.146 e. The van der Waals surface area contributed by atoms with E-state index in [1.807, 2.05) is 19.1 Å². The number of hydrogen-bond acceptors (Lipinski definition) is 2. The van der Waals surface area contributed by atoms with E-state index in [0.717, 1.165) is 28.5 Å². The van der Waals surface area contributed by atoms with Crippen molar-refractivity contribution in [3.63, 3.8) is 0 Å². The third-order valence-corrected chi connectivity index (χ3v) is 4.20. The van der Waals surface area contributed by atoms with Crippen LogP contribution in [0.5, 0.6) is 5.75 Å². The summed E-state index contributed by atoms with van der Waals surface area (Å²) in [6.07, 6.45) is 2.42. The molecule has 2 aromatic rings. The summed E-state index contributed by atoms with van der Waals surface area (Å²) in [5.41, 5.74) is 2.06. The lowest BCUT2D eigenvalue weighted by atomic mass is 9.81. The Morgan fingerprint density at radius 2 is 2.16 bits per heavy atom. The number of alkyl halides is 1. The second kappa shape index (κ2) is 4.71. The van der Waals surface area contributed by atoms with Crippen LogP contribution in [0, 0.1) is 5.92 Å². The van der Waals surface area contributed by atoms with E-state index >= 15 is 0 Å². The van der Waals surface area contributed by atoms with Gasteiger partial charge in [0.15, 0.2) is 0 Å². The normalized spacial score (nSPS) is 24.2. The number of fused-ring (bicyclic) bond motifs is 1. The van der Waals surface area contributed by atoms with Gasteiger partial charge in [-0.3, -0.25) is 0 Å². The minimum atomic E-state index is -0.0898. The molecular formula is C15H19ClN2O. The lowest BCUT2D eigenvalue weighted by Crippen LogP contribution is -2.26. The number of aromatic nitrogens is 2. The highest BCUT2D eigenvalue weighted by Crippen LogP contribution is 2.42. The summed E-state index contributed by atoms with van der Waals surface area (Å²) in [4.78, 5) is 4.72. The number of nitrogens with zero attached hydrogens (tertiary/aromatic N) is 2. The van der Waals surface area contributed by atoms with Gasteiger partial charge in [0.05, 0.1) is 18.0 Å². The van der Waals surface area contributed by atoms with Gasteiger partial charge in [-0.25, -0.2) is 4.98 Å². The standard InChI is InChI=1S/C15H19ClN2O/c1-9-7-11(8-9)18-12-5-4-6-13(19-3)14(12)17-15(18)10(2)16/h4-6,9-11H,7-8H2,1-3H3. The molecule has 1 aromatic carbocycles. The summed E-state index contributed by atoms with van der Waals surface area (Å²) in [7, 11) is 1.68. The number of methoxy groups -OCH3 is 1. The van der Waals surface area contributed by atoms with E-state index in [-0.39, 0.29) is 5.38 Å². The highest BCUT2D eigenvalue weighted by molar-refractivity contribution is 6.20. The molecular weight excluding hydrogens is 260 g/mol. The van der Waals surface area contributed by atoms with E-state index in [1.165, 1.54) is 12.8 Å². The number of imidazole rings is 1. The third-order valence-electron chi connectivity index (χ3n) is 4.00. The second-order valence-electron chi connectivity index (χ2n) is 5.51. The maximum absolute atomic E-state index is 6.31. The second-order valence-corrected chi connectivity index (χ2v) is 6.17. The maximum Gasteiger partial charge on any atom is 0.146 e. The van der Waals surface area contributed by atoms with Crippen LogP contribution in [0.25, 0.3) is 11.0 Å². The maximum atomic E-state index is 6.31. The Kier molecular flexibility index (Phi) is 3.17. The van der Waals surface area contributed by atoms with Crippen molar-refractivity contribution in [3.05, 3.63) is 24.0 Å². The van der Waals surface area contributed by atoms with Crippen LogP contribution < -0.4 is 4.74 Å². The Labute approximate surface area is 118 Å². The van der Waals surface area contributed by atoms with Gasteiger partial charge in [0.1, 0.15) is 17.1 Å². The Morgan fingerprint density at radius 1 is 1.42 bits per heavy atom. The quantitative estimate of drug-likeness (QED) is 0.782. The molecule has 102 valence electrons. The number of hydrogen-bond donors (Lipinski definition) is 0. The van der Waals surface area contributed by atoms with Crippen molar-refractivity contribution in [3.8, 4) is 5.75 Å². The monoisotopic (exact) mass is 278 g/mol. The zero-order valence-corrected chi connectivity index (χ0v) is 12.3. The molecule has 0 aliphatic heterocycles. The number of para-hydroxylation sites is 1. The van der Waals surface area contributed by atoms with Crippen molar-refractivity contribution < 1.29 is 4.74 Å². The van der Waals surface area contributed by atoms with Gasteiger partial charge in [-0.2, -0.15) is 0 Å². The van der Waals surface area contributed by atoms with Crippen LogP contribution in [0.3, 0.4) is 0 Å². The summed E-state index contributed by atoms with van der Waals surface area (Å²) < 4.78 is 7.72. The number of rotatable bonds is 3. The minimum absolute atomic E-state index is 0.0898. The fourth-order valence-electron chi connectivity index (χ4n) is 3.01. The fourth-order valence-corrected chi connectivity index (χ4v) is 3.16. The van der Waals surface area contributed by atoms with Crippen molar-refractivity contribution in [1.29, 1.82) is 0 Å². The number of ether oxygens (including phenoxy) is 1.